The van der Waals surface area contributed by atoms with Gasteiger partial charge in [0.2, 0.25) is 0 Å². The van der Waals surface area contributed by atoms with Crippen LogP contribution in [0.3, 0.4) is 0 Å². The number of aromatic nitrogens is 4. The summed E-state index contributed by atoms with van der Waals surface area (Å²) in [5, 5.41) is 41.4. The molecule has 2 fully saturated rings. The van der Waals surface area contributed by atoms with Crippen LogP contribution in [0, 0.1) is 0 Å². The number of halogens is 4. The standard InChI is InChI=1S/C29H27F2N3O6.C9H11F2N3O5.2CH4/c1-38-22-14-12-21(13-15-22)29(19-8-4-2-5-9-19,20-10-6-3-7-11-20)33-23-16-17-34(27(37)32-23)26-24(30)25(36)28(18-35,39-26)40-31;10-5-6(16)9(3-15,19-11)18-7(5)14-2-1-4(12)13-8(14)17;;/h2-17,24-26,35-36H,18H2,1H3,(H,32,33,37);1-2,5-7,15-16H,3H2,(H2,12,13,17);2*1H4/t24-,25+,26-,28+;5-,6+,7-,9+;;/m11../s1. The molecule has 0 unspecified atom stereocenters. The predicted molar refractivity (Wildman–Crippen MR) is 210 cm³/mol. The first-order valence-corrected chi connectivity index (χ1v) is 17.6. The SMILES string of the molecule is C.C.COc1ccc(C(Nc2ccn([C@@H]3O[C@@](CO)(OF)[C@@H](O)[C@H]3F)c(=O)n2)(c2ccccc2)c2ccccc2)cc1.Nc1ccn([C@@H]2O[C@@](CO)(OF)[C@@H](O)[C@H]2F)c(=O)n1. The number of hydrogen-bond donors (Lipinski definition) is 6. The minimum Gasteiger partial charge on any atom is -0.497 e. The zero-order chi connectivity index (χ0) is 42.5. The number of nitrogens with one attached hydrogen (secondary N) is 1. The maximum atomic E-state index is 14.9. The Bertz CT molecular complexity index is 2250. The number of methoxy groups -OCH3 is 1. The molecular formula is C40H46F4N6O11. The van der Waals surface area contributed by atoms with Crippen molar-refractivity contribution in [2.75, 3.05) is 31.4 Å². The summed E-state index contributed by atoms with van der Waals surface area (Å²) >= 11 is 0. The predicted octanol–water partition coefficient (Wildman–Crippen LogP) is 3.39. The Balaban J connectivity index is 0.000000329. The Labute approximate surface area is 345 Å². The molecule has 61 heavy (non-hydrogen) atoms. The number of aliphatic hydroxyl groups is 4. The summed E-state index contributed by atoms with van der Waals surface area (Å²) in [4.78, 5) is 39.0. The molecule has 5 aromatic rings. The van der Waals surface area contributed by atoms with Gasteiger partial charge in [0.15, 0.2) is 24.8 Å². The molecule has 17 nitrogen and oxygen atoms in total. The van der Waals surface area contributed by atoms with Gasteiger partial charge in [0.05, 0.1) is 7.11 Å². The van der Waals surface area contributed by atoms with E-state index in [0.29, 0.717) is 10.3 Å². The van der Waals surface area contributed by atoms with Crippen molar-refractivity contribution < 1.29 is 62.4 Å². The van der Waals surface area contributed by atoms with E-state index in [2.05, 4.69) is 25.2 Å². The smallest absolute Gasteiger partial charge is 0.351 e. The fourth-order valence-corrected chi connectivity index (χ4v) is 6.76. The molecule has 3 aromatic carbocycles. The van der Waals surface area contributed by atoms with Crippen LogP contribution >= 0.6 is 0 Å². The largest absolute Gasteiger partial charge is 0.497 e. The van der Waals surface area contributed by atoms with Crippen LogP contribution in [0.4, 0.5) is 29.5 Å². The van der Waals surface area contributed by atoms with Gasteiger partial charge in [-0.3, -0.25) is 9.13 Å². The first-order valence-electron chi connectivity index (χ1n) is 17.6. The van der Waals surface area contributed by atoms with Crippen molar-refractivity contribution in [3.8, 4) is 5.75 Å². The van der Waals surface area contributed by atoms with Gasteiger partial charge in [-0.15, -0.1) is 0 Å². The van der Waals surface area contributed by atoms with Crippen molar-refractivity contribution >= 4 is 11.6 Å². The van der Waals surface area contributed by atoms with Gasteiger partial charge in [-0.2, -0.15) is 19.9 Å². The maximum Gasteiger partial charge on any atom is 0.351 e. The molecule has 2 aliphatic rings. The quantitative estimate of drug-likeness (QED) is 0.0780. The van der Waals surface area contributed by atoms with Crippen LogP contribution in [0.1, 0.15) is 44.0 Å². The van der Waals surface area contributed by atoms with E-state index in [1.165, 1.54) is 18.3 Å². The van der Waals surface area contributed by atoms with Crippen molar-refractivity contribution in [2.45, 2.75) is 69.0 Å². The number of nitrogens with two attached hydrogens (primary N) is 1. The summed E-state index contributed by atoms with van der Waals surface area (Å²) in [6, 6.07) is 29.2. The van der Waals surface area contributed by atoms with E-state index >= 15 is 0 Å². The van der Waals surface area contributed by atoms with Gasteiger partial charge in [0.1, 0.15) is 48.3 Å². The Morgan fingerprint density at radius 2 is 1.15 bits per heavy atom. The number of hydrogen-bond acceptors (Lipinski definition) is 15. The van der Waals surface area contributed by atoms with E-state index in [9.17, 15) is 42.7 Å². The number of nitrogen functional groups attached to an aromatic ring is 1. The molecule has 7 rings (SSSR count). The highest BCUT2D eigenvalue weighted by molar-refractivity contribution is 5.58. The van der Waals surface area contributed by atoms with E-state index in [-0.39, 0.29) is 26.5 Å². The molecule has 2 saturated heterocycles. The molecule has 0 spiro atoms. The molecule has 21 heteroatoms. The molecule has 0 aliphatic carbocycles. The summed E-state index contributed by atoms with van der Waals surface area (Å²) in [6.45, 7) is -2.32. The zero-order valence-corrected chi connectivity index (χ0v) is 30.8. The molecular weight excluding hydrogens is 816 g/mol. The molecule has 2 aliphatic heterocycles. The van der Waals surface area contributed by atoms with Crippen LogP contribution in [0.25, 0.3) is 0 Å². The first-order chi connectivity index (χ1) is 28.3. The normalized spacial score (nSPS) is 25.7. The Morgan fingerprint density at radius 3 is 1.52 bits per heavy atom. The van der Waals surface area contributed by atoms with Crippen LogP contribution in [0.15, 0.2) is 119 Å². The summed E-state index contributed by atoms with van der Waals surface area (Å²) in [7, 11) is 1.58. The molecule has 0 amide bonds. The van der Waals surface area contributed by atoms with Crippen LogP contribution in [-0.4, -0.2) is 96.0 Å². The third kappa shape index (κ3) is 8.85. The van der Waals surface area contributed by atoms with E-state index < -0.39 is 78.7 Å². The Hall–Kier alpha value is -5.78. The lowest BCUT2D eigenvalue weighted by atomic mass is 9.77. The van der Waals surface area contributed by atoms with Gasteiger partial charge in [0, 0.05) is 12.4 Å². The fourth-order valence-electron chi connectivity index (χ4n) is 6.76. The molecule has 7 N–H and O–H groups in total. The molecule has 8 atom stereocenters. The van der Waals surface area contributed by atoms with Crippen LogP contribution < -0.4 is 27.2 Å². The average Bonchev–Trinajstić information content (AvgIpc) is 3.67. The highest BCUT2D eigenvalue weighted by Crippen LogP contribution is 2.42. The van der Waals surface area contributed by atoms with E-state index in [1.807, 2.05) is 84.9 Å². The van der Waals surface area contributed by atoms with Crippen molar-refractivity contribution in [2.24, 2.45) is 0 Å². The lowest BCUT2D eigenvalue weighted by Crippen LogP contribution is -2.46. The fraction of sp³-hybridized carbons (Fsp3) is 0.350. The zero-order valence-electron chi connectivity index (χ0n) is 30.8. The summed E-state index contributed by atoms with van der Waals surface area (Å²) in [5.41, 5.74) is 4.84. The number of anilines is 2. The van der Waals surface area contributed by atoms with Crippen molar-refractivity contribution in [1.82, 2.24) is 19.1 Å². The summed E-state index contributed by atoms with van der Waals surface area (Å²) < 4.78 is 70.9. The molecule has 2 aromatic heterocycles. The third-order valence-electron chi connectivity index (χ3n) is 9.87. The molecule has 4 heterocycles. The van der Waals surface area contributed by atoms with Gasteiger partial charge in [-0.25, -0.2) is 18.4 Å². The summed E-state index contributed by atoms with van der Waals surface area (Å²) in [5.74, 6) is -4.52. The number of ether oxygens (including phenoxy) is 3. The van der Waals surface area contributed by atoms with Crippen LogP contribution in [-0.2, 0) is 24.9 Å². The topological polar surface area (TPSA) is 235 Å². The molecule has 0 bridgehead atoms. The minimum absolute atomic E-state index is 0. The number of nitrogens with zero attached hydrogens (tertiary/aromatic N) is 4. The van der Waals surface area contributed by atoms with E-state index in [0.717, 1.165) is 27.5 Å². The Morgan fingerprint density at radius 1 is 0.721 bits per heavy atom. The van der Waals surface area contributed by atoms with Crippen molar-refractivity contribution in [3.63, 3.8) is 0 Å². The third-order valence-corrected chi connectivity index (χ3v) is 9.87. The number of aliphatic hydroxyl groups excluding tert-OH is 4. The number of alkyl halides is 2. The second kappa shape index (κ2) is 19.7. The van der Waals surface area contributed by atoms with Crippen LogP contribution in [0.5, 0.6) is 5.75 Å². The number of benzene rings is 3. The lowest BCUT2D eigenvalue weighted by molar-refractivity contribution is -0.372. The molecule has 0 radical (unpaired) electrons. The Kier molecular flexibility index (Phi) is 15.5. The van der Waals surface area contributed by atoms with Crippen molar-refractivity contribution in [1.29, 1.82) is 0 Å². The lowest BCUT2D eigenvalue weighted by Gasteiger charge is -2.37. The second-order valence-electron chi connectivity index (χ2n) is 13.3. The summed E-state index contributed by atoms with van der Waals surface area (Å²) in [6.07, 6.45) is -9.99. The van der Waals surface area contributed by atoms with Gasteiger partial charge >= 0.3 is 11.4 Å². The molecule has 330 valence electrons. The molecule has 0 saturated carbocycles. The average molecular weight is 863 g/mol. The van der Waals surface area contributed by atoms with Crippen LogP contribution in [0.2, 0.25) is 0 Å². The van der Waals surface area contributed by atoms with Gasteiger partial charge in [-0.05, 0) is 50.0 Å². The van der Waals surface area contributed by atoms with E-state index in [4.69, 9.17) is 25.1 Å². The monoisotopic (exact) mass is 862 g/mol. The van der Waals surface area contributed by atoms with Crippen molar-refractivity contribution in [3.05, 3.63) is 147 Å². The van der Waals surface area contributed by atoms with Gasteiger partial charge in [-0.1, -0.05) is 87.6 Å². The van der Waals surface area contributed by atoms with Gasteiger partial charge < -0.3 is 45.7 Å². The minimum atomic E-state index is -2.66. The first kappa shape index (κ1) is 47.9. The maximum absolute atomic E-state index is 14.9. The van der Waals surface area contributed by atoms with Gasteiger partial charge in [0.25, 0.3) is 11.6 Å². The second-order valence-corrected chi connectivity index (χ2v) is 13.3. The van der Waals surface area contributed by atoms with E-state index in [1.54, 1.807) is 7.11 Å². The number of rotatable bonds is 12. The highest BCUT2D eigenvalue weighted by Gasteiger charge is 2.60. The highest BCUT2D eigenvalue weighted by atomic mass is 19.3.